The smallest absolute Gasteiger partial charge is 0.410 e. The van der Waals surface area contributed by atoms with E-state index in [1.807, 2.05) is 32.6 Å². The molecule has 1 aliphatic rings. The zero-order chi connectivity index (χ0) is 15.2. The summed E-state index contributed by atoms with van der Waals surface area (Å²) < 4.78 is 10.8. The van der Waals surface area contributed by atoms with Crippen LogP contribution in [0.25, 0.3) is 0 Å². The van der Waals surface area contributed by atoms with Crippen LogP contribution in [0.15, 0.2) is 0 Å². The summed E-state index contributed by atoms with van der Waals surface area (Å²) in [5.74, 6) is 0. The molecule has 1 aliphatic heterocycles. The number of nitrogens with zero attached hydrogens (tertiary/aromatic N) is 2. The van der Waals surface area contributed by atoms with Gasteiger partial charge in [0.05, 0.1) is 0 Å². The van der Waals surface area contributed by atoms with Crippen LogP contribution in [0.4, 0.5) is 4.79 Å². The van der Waals surface area contributed by atoms with Gasteiger partial charge in [-0.2, -0.15) is 0 Å². The Morgan fingerprint density at radius 2 is 2.10 bits per heavy atom. The van der Waals surface area contributed by atoms with Gasteiger partial charge in [0.25, 0.3) is 0 Å². The van der Waals surface area contributed by atoms with E-state index in [0.717, 1.165) is 45.7 Å². The quantitative estimate of drug-likeness (QED) is 0.703. The Labute approximate surface area is 123 Å². The molecule has 1 atom stereocenters. The molecule has 1 amide bonds. The van der Waals surface area contributed by atoms with E-state index >= 15 is 0 Å². The molecule has 0 aromatic heterocycles. The molecule has 0 aromatic carbocycles. The zero-order valence-corrected chi connectivity index (χ0v) is 13.6. The molecule has 0 saturated carbocycles. The molecule has 20 heavy (non-hydrogen) atoms. The maximum absolute atomic E-state index is 12.0. The highest BCUT2D eigenvalue weighted by molar-refractivity contribution is 5.68. The third kappa shape index (κ3) is 6.09. The van der Waals surface area contributed by atoms with Gasteiger partial charge >= 0.3 is 6.09 Å². The van der Waals surface area contributed by atoms with Crippen molar-refractivity contribution in [3.63, 3.8) is 0 Å². The topological polar surface area (TPSA) is 42.0 Å². The fraction of sp³-hybridized carbons (Fsp3) is 0.933. The number of likely N-dealkylation sites (tertiary alicyclic amines) is 1. The highest BCUT2D eigenvalue weighted by atomic mass is 16.6. The molecule has 0 spiro atoms. The van der Waals surface area contributed by atoms with Gasteiger partial charge in [-0.3, -0.25) is 0 Å². The maximum Gasteiger partial charge on any atom is 0.410 e. The SMILES string of the molecule is CCOCCCN(C)[C@H]1CCN(C(=O)OC(C)(C)C)C1. The summed E-state index contributed by atoms with van der Waals surface area (Å²) in [4.78, 5) is 16.1. The molecule has 0 aliphatic carbocycles. The van der Waals surface area contributed by atoms with Crippen LogP contribution in [0.1, 0.15) is 40.5 Å². The first-order valence-electron chi connectivity index (χ1n) is 7.59. The molecule has 5 heteroatoms. The first-order valence-corrected chi connectivity index (χ1v) is 7.59. The Kier molecular flexibility index (Phi) is 6.76. The second-order valence-electron chi connectivity index (χ2n) is 6.40. The Balaban J connectivity index is 2.29. The van der Waals surface area contributed by atoms with Crippen molar-refractivity contribution in [3.05, 3.63) is 0 Å². The molecule has 118 valence electrons. The van der Waals surface area contributed by atoms with E-state index in [2.05, 4.69) is 11.9 Å². The monoisotopic (exact) mass is 286 g/mol. The van der Waals surface area contributed by atoms with Crippen LogP contribution in [-0.4, -0.2) is 67.4 Å². The minimum atomic E-state index is -0.418. The number of amides is 1. The zero-order valence-electron chi connectivity index (χ0n) is 13.6. The Bertz CT molecular complexity index is 302. The molecule has 0 radical (unpaired) electrons. The van der Waals surface area contributed by atoms with E-state index in [4.69, 9.17) is 9.47 Å². The summed E-state index contributed by atoms with van der Waals surface area (Å²) in [5.41, 5.74) is -0.418. The lowest BCUT2D eigenvalue weighted by molar-refractivity contribution is 0.0281. The number of carbonyl (C=O) groups is 1. The van der Waals surface area contributed by atoms with E-state index in [1.165, 1.54) is 0 Å². The van der Waals surface area contributed by atoms with Gasteiger partial charge in [-0.05, 0) is 47.6 Å². The van der Waals surface area contributed by atoms with Crippen molar-refractivity contribution in [2.75, 3.05) is 39.9 Å². The van der Waals surface area contributed by atoms with Crippen molar-refractivity contribution in [1.82, 2.24) is 9.80 Å². The summed E-state index contributed by atoms with van der Waals surface area (Å²) in [6, 6.07) is 0.434. The summed E-state index contributed by atoms with van der Waals surface area (Å²) in [5, 5.41) is 0. The lowest BCUT2D eigenvalue weighted by Crippen LogP contribution is -2.39. The Morgan fingerprint density at radius 1 is 1.40 bits per heavy atom. The van der Waals surface area contributed by atoms with Gasteiger partial charge in [0, 0.05) is 38.9 Å². The number of likely N-dealkylation sites (N-methyl/N-ethyl adjacent to an activating group) is 1. The molecule has 0 N–H and O–H groups in total. The molecule has 0 aromatic rings. The maximum atomic E-state index is 12.0. The minimum absolute atomic E-state index is 0.192. The highest BCUT2D eigenvalue weighted by Gasteiger charge is 2.31. The molecular weight excluding hydrogens is 256 g/mol. The molecular formula is C15H30N2O3. The van der Waals surface area contributed by atoms with E-state index < -0.39 is 5.60 Å². The van der Waals surface area contributed by atoms with Crippen molar-refractivity contribution in [2.45, 2.75) is 52.2 Å². The molecule has 0 unspecified atom stereocenters. The van der Waals surface area contributed by atoms with Crippen LogP contribution in [0.2, 0.25) is 0 Å². The van der Waals surface area contributed by atoms with Gasteiger partial charge in [0.15, 0.2) is 0 Å². The van der Waals surface area contributed by atoms with Crippen LogP contribution >= 0.6 is 0 Å². The van der Waals surface area contributed by atoms with E-state index in [1.54, 1.807) is 0 Å². The predicted octanol–water partition coefficient (Wildman–Crippen LogP) is 2.35. The summed E-state index contributed by atoms with van der Waals surface area (Å²) in [7, 11) is 2.12. The Morgan fingerprint density at radius 3 is 2.70 bits per heavy atom. The second kappa shape index (κ2) is 7.84. The average Bonchev–Trinajstić information content (AvgIpc) is 2.82. The lowest BCUT2D eigenvalue weighted by Gasteiger charge is -2.26. The van der Waals surface area contributed by atoms with Crippen LogP contribution in [0.5, 0.6) is 0 Å². The van der Waals surface area contributed by atoms with E-state index in [9.17, 15) is 4.79 Å². The number of hydrogen-bond donors (Lipinski definition) is 0. The van der Waals surface area contributed by atoms with Crippen LogP contribution < -0.4 is 0 Å². The van der Waals surface area contributed by atoms with Gasteiger partial charge < -0.3 is 19.3 Å². The highest BCUT2D eigenvalue weighted by Crippen LogP contribution is 2.18. The summed E-state index contributed by atoms with van der Waals surface area (Å²) >= 11 is 0. The lowest BCUT2D eigenvalue weighted by atomic mass is 10.2. The third-order valence-electron chi connectivity index (χ3n) is 3.44. The summed E-state index contributed by atoms with van der Waals surface area (Å²) in [6.45, 7) is 11.9. The predicted molar refractivity (Wildman–Crippen MR) is 80.0 cm³/mol. The van der Waals surface area contributed by atoms with Crippen LogP contribution in [0.3, 0.4) is 0 Å². The van der Waals surface area contributed by atoms with Crippen LogP contribution in [0, 0.1) is 0 Å². The van der Waals surface area contributed by atoms with Crippen molar-refractivity contribution in [2.24, 2.45) is 0 Å². The minimum Gasteiger partial charge on any atom is -0.444 e. The number of hydrogen-bond acceptors (Lipinski definition) is 4. The Hall–Kier alpha value is -0.810. The third-order valence-corrected chi connectivity index (χ3v) is 3.44. The molecule has 1 saturated heterocycles. The molecule has 0 bridgehead atoms. The van der Waals surface area contributed by atoms with E-state index in [-0.39, 0.29) is 6.09 Å². The van der Waals surface area contributed by atoms with Gasteiger partial charge in [0.2, 0.25) is 0 Å². The van der Waals surface area contributed by atoms with Crippen molar-refractivity contribution < 1.29 is 14.3 Å². The standard InChI is InChI=1S/C15H30N2O3/c1-6-19-11-7-9-16(5)13-8-10-17(12-13)14(18)20-15(2,3)4/h13H,6-12H2,1-5H3/t13-/m0/s1. The fourth-order valence-corrected chi connectivity index (χ4v) is 2.34. The molecule has 1 fully saturated rings. The van der Waals surface area contributed by atoms with Gasteiger partial charge in [-0.1, -0.05) is 0 Å². The van der Waals surface area contributed by atoms with Gasteiger partial charge in [-0.15, -0.1) is 0 Å². The van der Waals surface area contributed by atoms with Crippen LogP contribution in [-0.2, 0) is 9.47 Å². The average molecular weight is 286 g/mol. The number of ether oxygens (including phenoxy) is 2. The first-order chi connectivity index (χ1) is 9.33. The van der Waals surface area contributed by atoms with Crippen molar-refractivity contribution in [3.8, 4) is 0 Å². The molecule has 1 rings (SSSR count). The number of rotatable bonds is 6. The van der Waals surface area contributed by atoms with Crippen molar-refractivity contribution >= 4 is 6.09 Å². The molecule has 1 heterocycles. The van der Waals surface area contributed by atoms with Gasteiger partial charge in [0.1, 0.15) is 5.60 Å². The largest absolute Gasteiger partial charge is 0.444 e. The first kappa shape index (κ1) is 17.2. The van der Waals surface area contributed by atoms with E-state index in [0.29, 0.717) is 6.04 Å². The fourth-order valence-electron chi connectivity index (χ4n) is 2.34. The number of carbonyl (C=O) groups excluding carboxylic acids is 1. The summed E-state index contributed by atoms with van der Waals surface area (Å²) in [6.07, 6.45) is 1.86. The second-order valence-corrected chi connectivity index (χ2v) is 6.40. The normalized spacial score (nSPS) is 19.7. The van der Waals surface area contributed by atoms with Crippen molar-refractivity contribution in [1.29, 1.82) is 0 Å². The van der Waals surface area contributed by atoms with Gasteiger partial charge in [-0.25, -0.2) is 4.79 Å². The molecule has 5 nitrogen and oxygen atoms in total.